The molecule has 0 aromatic heterocycles. The monoisotopic (exact) mass is 662 g/mol. The molecule has 0 amide bonds. The highest BCUT2D eigenvalue weighted by atomic mass is 16.5. The lowest BCUT2D eigenvalue weighted by Crippen LogP contribution is -2.12. The van der Waals surface area contributed by atoms with Crippen LogP contribution in [0.5, 0.6) is 0 Å². The molecule has 0 aromatic carbocycles. The molecule has 3 heterocycles. The Balaban J connectivity index is 0.000000517. The van der Waals surface area contributed by atoms with Gasteiger partial charge in [0.1, 0.15) is 0 Å². The average molecular weight is 662 g/mol. The van der Waals surface area contributed by atoms with Crippen LogP contribution in [-0.2, 0) is 9.47 Å². The quantitative estimate of drug-likeness (QED) is 0.241. The maximum atomic E-state index is 5.14. The molecule has 0 unspecified atom stereocenters. The molecule has 0 N–H and O–H groups in total. The lowest BCUT2D eigenvalue weighted by molar-refractivity contribution is 0.0716. The molecular weight excluding hydrogens is 574 g/mol. The van der Waals surface area contributed by atoms with E-state index in [1.807, 2.05) is 26.0 Å². The fourth-order valence-corrected chi connectivity index (χ4v) is 6.22. The number of ether oxygens (including phenoxy) is 2. The van der Waals surface area contributed by atoms with Crippen molar-refractivity contribution >= 4 is 0 Å². The van der Waals surface area contributed by atoms with Crippen molar-refractivity contribution in [3.05, 3.63) is 23.8 Å². The van der Waals surface area contributed by atoms with E-state index in [0.717, 1.165) is 56.0 Å². The third-order valence-corrected chi connectivity index (χ3v) is 10.5. The number of nitrogens with zero attached hydrogens (tertiary/aromatic N) is 1. The largest absolute Gasteiger partial charge is 0.381 e. The number of rotatable bonds is 0. The maximum Gasteiger partial charge on any atom is 0.0492 e. The molecule has 0 aromatic rings. The summed E-state index contributed by atoms with van der Waals surface area (Å²) in [5.74, 6) is 4.88. The molecule has 3 aliphatic heterocycles. The summed E-state index contributed by atoms with van der Waals surface area (Å²) < 4.78 is 10.2. The van der Waals surface area contributed by atoms with Crippen molar-refractivity contribution in [2.24, 2.45) is 29.6 Å². The molecule has 0 spiro atoms. The topological polar surface area (TPSA) is 21.7 Å². The van der Waals surface area contributed by atoms with Gasteiger partial charge in [-0.2, -0.15) is 0 Å². The fraction of sp³-hybridized carbons (Fsp3) is 0.909. The van der Waals surface area contributed by atoms with E-state index in [-0.39, 0.29) is 0 Å². The third kappa shape index (κ3) is 33.6. The first-order valence-corrected chi connectivity index (χ1v) is 20.7. The Labute approximate surface area is 297 Å². The van der Waals surface area contributed by atoms with Crippen molar-refractivity contribution in [1.82, 2.24) is 4.90 Å². The third-order valence-electron chi connectivity index (χ3n) is 10.5. The first-order valence-electron chi connectivity index (χ1n) is 20.7. The summed E-state index contributed by atoms with van der Waals surface area (Å²) in [5, 5.41) is 0. The van der Waals surface area contributed by atoms with Crippen molar-refractivity contribution in [2.45, 2.75) is 184 Å². The summed E-state index contributed by atoms with van der Waals surface area (Å²) in [6.07, 6.45) is 34.8. The predicted octanol–water partition coefficient (Wildman–Crippen LogP) is 13.5. The molecular formula is C44H87NO2. The van der Waals surface area contributed by atoms with Gasteiger partial charge in [-0.25, -0.2) is 0 Å². The van der Waals surface area contributed by atoms with Gasteiger partial charge in [0.15, 0.2) is 0 Å². The smallest absolute Gasteiger partial charge is 0.0492 e. The first kappa shape index (κ1) is 46.4. The summed E-state index contributed by atoms with van der Waals surface area (Å²) in [6, 6.07) is 0. The Hall–Kier alpha value is -0.640. The lowest BCUT2D eigenvalue weighted by Gasteiger charge is -2.18. The van der Waals surface area contributed by atoms with Crippen LogP contribution in [0.25, 0.3) is 0 Å². The fourth-order valence-electron chi connectivity index (χ4n) is 6.22. The highest BCUT2D eigenvalue weighted by molar-refractivity contribution is 5.03. The van der Waals surface area contributed by atoms with Crippen LogP contribution in [0.1, 0.15) is 184 Å². The van der Waals surface area contributed by atoms with Gasteiger partial charge in [0.05, 0.1) is 0 Å². The Kier molecular flexibility index (Phi) is 33.4. The van der Waals surface area contributed by atoms with Crippen LogP contribution >= 0.6 is 0 Å². The zero-order valence-corrected chi connectivity index (χ0v) is 33.8. The van der Waals surface area contributed by atoms with Gasteiger partial charge in [0, 0.05) is 26.4 Å². The normalized spacial score (nSPS) is 24.7. The van der Waals surface area contributed by atoms with E-state index in [1.165, 1.54) is 142 Å². The highest BCUT2D eigenvalue weighted by Crippen LogP contribution is 2.24. The average Bonchev–Trinajstić information content (AvgIpc) is 3.91. The summed E-state index contributed by atoms with van der Waals surface area (Å²) in [6.45, 7) is 24.3. The van der Waals surface area contributed by atoms with Crippen molar-refractivity contribution in [2.75, 3.05) is 46.6 Å². The van der Waals surface area contributed by atoms with Gasteiger partial charge < -0.3 is 14.4 Å². The molecule has 7 aliphatic rings. The molecule has 6 fully saturated rings. The Bertz CT molecular complexity index is 616. The lowest BCUT2D eigenvalue weighted by atomic mass is 9.88. The van der Waals surface area contributed by atoms with Crippen molar-refractivity contribution < 1.29 is 9.47 Å². The second-order valence-corrected chi connectivity index (χ2v) is 16.1. The summed E-state index contributed by atoms with van der Waals surface area (Å²) >= 11 is 0. The molecule has 7 rings (SSSR count). The number of hydrogen-bond donors (Lipinski definition) is 0. The van der Waals surface area contributed by atoms with Gasteiger partial charge in [-0.1, -0.05) is 135 Å². The van der Waals surface area contributed by atoms with E-state index in [0.29, 0.717) is 0 Å². The van der Waals surface area contributed by atoms with Gasteiger partial charge >= 0.3 is 0 Å². The van der Waals surface area contributed by atoms with E-state index in [1.54, 1.807) is 5.57 Å². The predicted molar refractivity (Wildman–Crippen MR) is 212 cm³/mol. The van der Waals surface area contributed by atoms with Gasteiger partial charge in [0.2, 0.25) is 0 Å². The van der Waals surface area contributed by atoms with E-state index in [9.17, 15) is 0 Å². The molecule has 1 atom stereocenters. The molecule has 3 saturated carbocycles. The Morgan fingerprint density at radius 2 is 0.957 bits per heavy atom. The van der Waals surface area contributed by atoms with Crippen LogP contribution in [0.15, 0.2) is 23.8 Å². The molecule has 3 nitrogen and oxygen atoms in total. The Morgan fingerprint density at radius 1 is 0.532 bits per heavy atom. The summed E-state index contributed by atoms with van der Waals surface area (Å²) in [7, 11) is 2.17. The van der Waals surface area contributed by atoms with E-state index in [2.05, 4.69) is 59.6 Å². The molecule has 47 heavy (non-hydrogen) atoms. The molecule has 4 aliphatic carbocycles. The van der Waals surface area contributed by atoms with Crippen LogP contribution in [0.4, 0.5) is 0 Å². The molecule has 0 radical (unpaired) electrons. The number of hydrogen-bond acceptors (Lipinski definition) is 3. The molecule has 3 saturated heterocycles. The highest BCUT2D eigenvalue weighted by Gasteiger charge is 2.10. The minimum Gasteiger partial charge on any atom is -0.381 e. The zero-order chi connectivity index (χ0) is 35.0. The van der Waals surface area contributed by atoms with Gasteiger partial charge in [-0.05, 0) is 122 Å². The minimum atomic E-state index is 0.824. The zero-order valence-electron chi connectivity index (χ0n) is 33.8. The summed E-state index contributed by atoms with van der Waals surface area (Å²) in [5.41, 5.74) is 1.58. The van der Waals surface area contributed by atoms with Crippen molar-refractivity contribution in [3.63, 3.8) is 0 Å². The van der Waals surface area contributed by atoms with Crippen LogP contribution in [0.3, 0.4) is 0 Å². The number of likely N-dealkylation sites (tertiary alicyclic amines) is 1. The van der Waals surface area contributed by atoms with Crippen LogP contribution in [-0.4, -0.2) is 51.5 Å². The van der Waals surface area contributed by atoms with Crippen LogP contribution in [0.2, 0.25) is 0 Å². The van der Waals surface area contributed by atoms with E-state index < -0.39 is 0 Å². The van der Waals surface area contributed by atoms with E-state index in [4.69, 9.17) is 9.47 Å². The maximum absolute atomic E-state index is 5.14. The molecule has 280 valence electrons. The molecule has 3 heteroatoms. The minimum absolute atomic E-state index is 0.824. The van der Waals surface area contributed by atoms with Crippen LogP contribution in [0, 0.1) is 29.6 Å². The standard InChI is InChI=1S/C7H14.C6H12O.C6H12.C6H10.C5H11N.C5H10O.C5H10.C4H8/c1-7-5-3-2-4-6-7;1-6-2-4-7-5-3-6;3*1-6-4-2-3-5-6;1-5-2-3-6-4-5;1-5-3-2-4-5;1-3-4-2/h7H,2-6H2,1H3;6H,2-5H2,1H3;6H,2-5H2,1H3;4H,2-3,5H2,1H3;2-5H2,1H3;5H,2-4H2,1H3;5H,2-4H2,1H3;3-4H,1-2H3/b;;;;;;;4-3-/t;;;;;5-;;/m.....0../s1. The molecule has 0 bridgehead atoms. The van der Waals surface area contributed by atoms with Crippen molar-refractivity contribution in [3.8, 4) is 0 Å². The Morgan fingerprint density at radius 3 is 1.11 bits per heavy atom. The van der Waals surface area contributed by atoms with Crippen molar-refractivity contribution in [1.29, 1.82) is 0 Å². The van der Waals surface area contributed by atoms with Gasteiger partial charge in [-0.15, -0.1) is 0 Å². The second kappa shape index (κ2) is 33.8. The second-order valence-electron chi connectivity index (χ2n) is 16.1. The van der Waals surface area contributed by atoms with E-state index >= 15 is 0 Å². The van der Waals surface area contributed by atoms with Gasteiger partial charge in [-0.3, -0.25) is 0 Å². The van der Waals surface area contributed by atoms with Gasteiger partial charge in [0.25, 0.3) is 0 Å². The first-order chi connectivity index (χ1) is 22.7. The summed E-state index contributed by atoms with van der Waals surface area (Å²) in [4.78, 5) is 2.36. The number of allylic oxidation sites excluding steroid dienone is 4. The SMILES string of the molecule is C/C=C\C.CC1=CCCC1.CC1CCC1.CC1CCCC1.CC1CCCCC1.CC1CCOCC1.CN1CCCC1.C[C@H]1CCOC1. The van der Waals surface area contributed by atoms with Crippen LogP contribution < -0.4 is 0 Å².